The number of nitrogens with zero attached hydrogens (tertiary/aromatic N) is 1. The van der Waals surface area contributed by atoms with Gasteiger partial charge >= 0.3 is 18.0 Å². The van der Waals surface area contributed by atoms with E-state index in [9.17, 15) is 14.4 Å². The minimum absolute atomic E-state index is 0.0727. The Morgan fingerprint density at radius 1 is 1.21 bits per heavy atom. The molecule has 1 amide bonds. The first-order valence-corrected chi connectivity index (χ1v) is 6.04. The van der Waals surface area contributed by atoms with E-state index >= 15 is 0 Å². The lowest BCUT2D eigenvalue weighted by molar-refractivity contribution is -0.155. The van der Waals surface area contributed by atoms with Crippen molar-refractivity contribution in [1.82, 2.24) is 4.90 Å². The third kappa shape index (κ3) is 5.15. The quantitative estimate of drug-likeness (QED) is 0.598. The van der Waals surface area contributed by atoms with E-state index in [2.05, 4.69) is 0 Å². The topological polar surface area (TPSA) is 93.1 Å². The zero-order valence-corrected chi connectivity index (χ0v) is 11.3. The number of hydrogen-bond acceptors (Lipinski definition) is 5. The number of aliphatic carboxylic acids is 1. The van der Waals surface area contributed by atoms with Crippen LogP contribution in [0.4, 0.5) is 4.79 Å². The summed E-state index contributed by atoms with van der Waals surface area (Å²) in [5.74, 6) is -1.59. The van der Waals surface area contributed by atoms with Crippen LogP contribution in [-0.4, -0.2) is 46.9 Å². The summed E-state index contributed by atoms with van der Waals surface area (Å²) in [5.41, 5.74) is -0.698. The van der Waals surface area contributed by atoms with Crippen LogP contribution in [0.25, 0.3) is 0 Å². The average molecular weight is 273 g/mol. The predicted octanol–water partition coefficient (Wildman–Crippen LogP) is 1.22. The van der Waals surface area contributed by atoms with Crippen LogP contribution in [0.3, 0.4) is 0 Å². The molecule has 7 heteroatoms. The lowest BCUT2D eigenvalue weighted by Gasteiger charge is -2.33. The van der Waals surface area contributed by atoms with Crippen molar-refractivity contribution in [3.63, 3.8) is 0 Å². The third-order valence-electron chi connectivity index (χ3n) is 2.62. The predicted molar refractivity (Wildman–Crippen MR) is 64.3 cm³/mol. The SMILES string of the molecule is CC(C)(C)N(CC(=O)O)C(=O)OCOC(=O)C1CC1. The average Bonchev–Trinajstić information content (AvgIpc) is 3.07. The first-order valence-electron chi connectivity index (χ1n) is 6.04. The summed E-state index contributed by atoms with van der Waals surface area (Å²) in [7, 11) is 0. The second kappa shape index (κ2) is 5.90. The van der Waals surface area contributed by atoms with Gasteiger partial charge in [-0.15, -0.1) is 0 Å². The first-order chi connectivity index (χ1) is 8.71. The summed E-state index contributed by atoms with van der Waals surface area (Å²) >= 11 is 0. The van der Waals surface area contributed by atoms with Crippen molar-refractivity contribution in [1.29, 1.82) is 0 Å². The molecule has 0 saturated heterocycles. The number of rotatable bonds is 5. The molecule has 0 aromatic heterocycles. The molecule has 1 rings (SSSR count). The van der Waals surface area contributed by atoms with Gasteiger partial charge < -0.3 is 14.6 Å². The summed E-state index contributed by atoms with van der Waals surface area (Å²) in [4.78, 5) is 34.7. The van der Waals surface area contributed by atoms with Crippen LogP contribution < -0.4 is 0 Å². The van der Waals surface area contributed by atoms with E-state index in [-0.39, 0.29) is 11.9 Å². The Kier molecular flexibility index (Phi) is 4.74. The third-order valence-corrected chi connectivity index (χ3v) is 2.62. The normalized spacial score (nSPS) is 14.7. The Balaban J connectivity index is 2.42. The molecule has 1 fully saturated rings. The highest BCUT2D eigenvalue weighted by molar-refractivity contribution is 5.77. The Morgan fingerprint density at radius 2 is 1.79 bits per heavy atom. The first kappa shape index (κ1) is 15.3. The van der Waals surface area contributed by atoms with Gasteiger partial charge in [-0.2, -0.15) is 0 Å². The molecule has 1 N–H and O–H groups in total. The largest absolute Gasteiger partial charge is 0.480 e. The lowest BCUT2D eigenvalue weighted by atomic mass is 10.1. The summed E-state index contributed by atoms with van der Waals surface area (Å²) in [6.45, 7) is 4.10. The molecule has 19 heavy (non-hydrogen) atoms. The molecule has 0 spiro atoms. The smallest absolute Gasteiger partial charge is 0.413 e. The number of carbonyl (C=O) groups excluding carboxylic acids is 2. The number of amides is 1. The van der Waals surface area contributed by atoms with E-state index < -0.39 is 30.9 Å². The molecule has 0 bridgehead atoms. The number of esters is 1. The molecule has 0 aliphatic heterocycles. The second-order valence-electron chi connectivity index (χ2n) is 5.42. The minimum Gasteiger partial charge on any atom is -0.480 e. The fourth-order valence-electron chi connectivity index (χ4n) is 1.36. The molecule has 0 unspecified atom stereocenters. The van der Waals surface area contributed by atoms with E-state index in [1.165, 1.54) is 0 Å². The molecule has 0 radical (unpaired) electrons. The highest BCUT2D eigenvalue weighted by atomic mass is 16.7. The summed E-state index contributed by atoms with van der Waals surface area (Å²) in [6, 6.07) is 0. The molecule has 0 heterocycles. The van der Waals surface area contributed by atoms with Crippen LogP contribution >= 0.6 is 0 Å². The van der Waals surface area contributed by atoms with Crippen LogP contribution in [0.1, 0.15) is 33.6 Å². The summed E-state index contributed by atoms with van der Waals surface area (Å²) in [6.07, 6.45) is 0.790. The molecule has 0 aromatic rings. The van der Waals surface area contributed by atoms with E-state index in [1.54, 1.807) is 20.8 Å². The van der Waals surface area contributed by atoms with Crippen molar-refractivity contribution in [2.45, 2.75) is 39.2 Å². The van der Waals surface area contributed by atoms with Crippen molar-refractivity contribution < 1.29 is 29.0 Å². The zero-order chi connectivity index (χ0) is 14.6. The Labute approximate surface area is 111 Å². The van der Waals surface area contributed by atoms with Gasteiger partial charge in [0.25, 0.3) is 0 Å². The van der Waals surface area contributed by atoms with Crippen molar-refractivity contribution in [3.05, 3.63) is 0 Å². The van der Waals surface area contributed by atoms with Crippen LogP contribution in [0.2, 0.25) is 0 Å². The van der Waals surface area contributed by atoms with E-state index in [0.29, 0.717) is 0 Å². The van der Waals surface area contributed by atoms with Gasteiger partial charge in [0, 0.05) is 5.54 Å². The summed E-state index contributed by atoms with van der Waals surface area (Å²) < 4.78 is 9.51. The molecule has 1 saturated carbocycles. The molecule has 108 valence electrons. The second-order valence-corrected chi connectivity index (χ2v) is 5.42. The van der Waals surface area contributed by atoms with Gasteiger partial charge in [0.2, 0.25) is 6.79 Å². The molecule has 1 aliphatic rings. The van der Waals surface area contributed by atoms with Gasteiger partial charge in [0.05, 0.1) is 5.92 Å². The van der Waals surface area contributed by atoms with Gasteiger partial charge in [-0.25, -0.2) is 4.79 Å². The van der Waals surface area contributed by atoms with Crippen LogP contribution in [0, 0.1) is 5.92 Å². The fourth-order valence-corrected chi connectivity index (χ4v) is 1.36. The lowest BCUT2D eigenvalue weighted by Crippen LogP contribution is -2.48. The maximum atomic E-state index is 11.7. The van der Waals surface area contributed by atoms with E-state index in [0.717, 1.165) is 17.7 Å². The van der Waals surface area contributed by atoms with Gasteiger partial charge in [-0.05, 0) is 33.6 Å². The zero-order valence-electron chi connectivity index (χ0n) is 11.3. The minimum atomic E-state index is -1.14. The molecule has 7 nitrogen and oxygen atoms in total. The number of carbonyl (C=O) groups is 3. The van der Waals surface area contributed by atoms with Gasteiger partial charge in [0.15, 0.2) is 0 Å². The molecule has 0 atom stereocenters. The van der Waals surface area contributed by atoms with E-state index in [4.69, 9.17) is 14.6 Å². The van der Waals surface area contributed by atoms with Crippen molar-refractivity contribution in [2.75, 3.05) is 13.3 Å². The van der Waals surface area contributed by atoms with Gasteiger partial charge in [-0.3, -0.25) is 14.5 Å². The monoisotopic (exact) mass is 273 g/mol. The Hall–Kier alpha value is -1.79. The molecular formula is C12H19NO6. The molecule has 0 aromatic carbocycles. The van der Waals surface area contributed by atoms with Gasteiger partial charge in [0.1, 0.15) is 6.54 Å². The number of ether oxygens (including phenoxy) is 2. The van der Waals surface area contributed by atoms with Gasteiger partial charge in [-0.1, -0.05) is 0 Å². The van der Waals surface area contributed by atoms with Crippen LogP contribution in [-0.2, 0) is 19.1 Å². The number of hydrogen-bond donors (Lipinski definition) is 1. The van der Waals surface area contributed by atoms with E-state index in [1.807, 2.05) is 0 Å². The highest BCUT2D eigenvalue weighted by Crippen LogP contribution is 2.30. The van der Waals surface area contributed by atoms with Crippen LogP contribution in [0.15, 0.2) is 0 Å². The Bertz CT molecular complexity index is 369. The van der Waals surface area contributed by atoms with Crippen molar-refractivity contribution in [3.8, 4) is 0 Å². The number of carboxylic acids is 1. The van der Waals surface area contributed by atoms with Crippen molar-refractivity contribution >= 4 is 18.0 Å². The maximum absolute atomic E-state index is 11.7. The van der Waals surface area contributed by atoms with Crippen molar-refractivity contribution in [2.24, 2.45) is 5.92 Å². The number of carboxylic acid groups (broad SMARTS) is 1. The fraction of sp³-hybridized carbons (Fsp3) is 0.750. The molecule has 1 aliphatic carbocycles. The summed E-state index contributed by atoms with van der Waals surface area (Å²) in [5, 5.41) is 8.76. The van der Waals surface area contributed by atoms with Crippen LogP contribution in [0.5, 0.6) is 0 Å². The highest BCUT2D eigenvalue weighted by Gasteiger charge is 2.32. The maximum Gasteiger partial charge on any atom is 0.413 e. The standard InChI is InChI=1S/C12H19NO6/c1-12(2,3)13(6-9(14)15)11(17)19-7-18-10(16)8-4-5-8/h8H,4-7H2,1-3H3,(H,14,15). The Morgan fingerprint density at radius 3 is 2.21 bits per heavy atom. The molecular weight excluding hydrogens is 254 g/mol.